The molecular formula is C12H20O. The monoisotopic (exact) mass is 180 g/mol. The lowest BCUT2D eigenvalue weighted by atomic mass is 10.3. The van der Waals surface area contributed by atoms with Crippen LogP contribution in [-0.4, -0.2) is 6.61 Å². The number of rotatable bonds is 3. The van der Waals surface area contributed by atoms with Crippen LogP contribution < -0.4 is 0 Å². The van der Waals surface area contributed by atoms with Crippen LogP contribution in [0.4, 0.5) is 0 Å². The van der Waals surface area contributed by atoms with E-state index in [0.717, 1.165) is 25.2 Å². The molecule has 1 aliphatic carbocycles. The lowest BCUT2D eigenvalue weighted by Gasteiger charge is -2.05. The first-order valence-corrected chi connectivity index (χ1v) is 5.08. The smallest absolute Gasteiger partial charge is 0.0997 e. The van der Waals surface area contributed by atoms with Gasteiger partial charge in [0.05, 0.1) is 12.4 Å². The van der Waals surface area contributed by atoms with Crippen molar-refractivity contribution in [1.82, 2.24) is 0 Å². The van der Waals surface area contributed by atoms with Crippen LogP contribution in [0.2, 0.25) is 0 Å². The van der Waals surface area contributed by atoms with Crippen LogP contribution in [0.15, 0.2) is 36.1 Å². The highest BCUT2D eigenvalue weighted by Gasteiger charge is 1.94. The van der Waals surface area contributed by atoms with Crippen molar-refractivity contribution in [2.45, 2.75) is 33.6 Å². The molecule has 74 valence electrons. The van der Waals surface area contributed by atoms with E-state index in [1.165, 1.54) is 0 Å². The molecule has 0 atom stereocenters. The summed E-state index contributed by atoms with van der Waals surface area (Å²) in [5, 5.41) is 0. The average Bonchev–Trinajstić information content (AvgIpc) is 2.46. The second-order valence-corrected chi connectivity index (χ2v) is 2.50. The van der Waals surface area contributed by atoms with E-state index in [-0.39, 0.29) is 0 Å². The maximum atomic E-state index is 5.47. The normalized spacial score (nSPS) is 13.9. The zero-order valence-corrected chi connectivity index (χ0v) is 8.92. The SMILES string of the molecule is CC.CCCOC1=CC=CC=CC1. The molecule has 1 nitrogen and oxygen atoms in total. The fourth-order valence-corrected chi connectivity index (χ4v) is 0.898. The number of hydrogen-bond donors (Lipinski definition) is 0. The van der Waals surface area contributed by atoms with E-state index in [0.29, 0.717) is 0 Å². The van der Waals surface area contributed by atoms with Crippen molar-refractivity contribution in [3.63, 3.8) is 0 Å². The van der Waals surface area contributed by atoms with Crippen LogP contribution in [0.25, 0.3) is 0 Å². The van der Waals surface area contributed by atoms with Crippen LogP contribution in [0.1, 0.15) is 33.6 Å². The third-order valence-electron chi connectivity index (χ3n) is 1.45. The van der Waals surface area contributed by atoms with Gasteiger partial charge in [0.15, 0.2) is 0 Å². The van der Waals surface area contributed by atoms with Crippen molar-refractivity contribution >= 4 is 0 Å². The third-order valence-corrected chi connectivity index (χ3v) is 1.45. The summed E-state index contributed by atoms with van der Waals surface area (Å²) in [7, 11) is 0. The quantitative estimate of drug-likeness (QED) is 0.641. The summed E-state index contributed by atoms with van der Waals surface area (Å²) in [6.07, 6.45) is 12.2. The van der Waals surface area contributed by atoms with Gasteiger partial charge in [0, 0.05) is 6.42 Å². The summed E-state index contributed by atoms with van der Waals surface area (Å²) < 4.78 is 5.47. The Morgan fingerprint density at radius 1 is 1.23 bits per heavy atom. The van der Waals surface area contributed by atoms with Crippen LogP contribution >= 0.6 is 0 Å². The van der Waals surface area contributed by atoms with E-state index in [9.17, 15) is 0 Å². The number of ether oxygens (including phenoxy) is 1. The molecule has 0 fully saturated rings. The molecule has 0 saturated heterocycles. The van der Waals surface area contributed by atoms with Gasteiger partial charge in [-0.25, -0.2) is 0 Å². The summed E-state index contributed by atoms with van der Waals surface area (Å²) in [5.41, 5.74) is 0. The minimum Gasteiger partial charge on any atom is -0.498 e. The van der Waals surface area contributed by atoms with E-state index >= 15 is 0 Å². The maximum absolute atomic E-state index is 5.47. The van der Waals surface area contributed by atoms with Crippen LogP contribution in [-0.2, 0) is 4.74 Å². The molecule has 0 radical (unpaired) electrons. The van der Waals surface area contributed by atoms with E-state index in [4.69, 9.17) is 4.74 Å². The molecule has 13 heavy (non-hydrogen) atoms. The van der Waals surface area contributed by atoms with Gasteiger partial charge in [-0.15, -0.1) is 0 Å². The minimum absolute atomic E-state index is 0.827. The van der Waals surface area contributed by atoms with E-state index < -0.39 is 0 Å². The van der Waals surface area contributed by atoms with Crippen molar-refractivity contribution in [2.24, 2.45) is 0 Å². The van der Waals surface area contributed by atoms with Crippen LogP contribution in [0, 0.1) is 0 Å². The Labute approximate surface area is 81.8 Å². The lowest BCUT2D eigenvalue weighted by molar-refractivity contribution is 0.208. The van der Waals surface area contributed by atoms with Gasteiger partial charge in [-0.05, 0) is 12.5 Å². The summed E-state index contributed by atoms with van der Waals surface area (Å²) in [5.74, 6) is 1.07. The second kappa shape index (κ2) is 9.11. The molecule has 0 spiro atoms. The summed E-state index contributed by atoms with van der Waals surface area (Å²) >= 11 is 0. The molecule has 0 bridgehead atoms. The molecule has 1 heteroatoms. The van der Waals surface area contributed by atoms with Crippen molar-refractivity contribution < 1.29 is 4.74 Å². The topological polar surface area (TPSA) is 9.23 Å². The van der Waals surface area contributed by atoms with Gasteiger partial charge in [-0.2, -0.15) is 0 Å². The Kier molecular flexibility index (Phi) is 8.42. The minimum atomic E-state index is 0.827. The molecule has 0 unspecified atom stereocenters. The standard InChI is InChI=1S/C10H14O.C2H6/c1-2-9-11-10-7-5-3-4-6-8-10;1-2/h3-7H,2,8-9H2,1H3;1-2H3. The first kappa shape index (κ1) is 12.0. The summed E-state index contributed by atoms with van der Waals surface area (Å²) in [6.45, 7) is 6.94. The first-order valence-electron chi connectivity index (χ1n) is 5.08. The second-order valence-electron chi connectivity index (χ2n) is 2.50. The molecule has 0 aliphatic heterocycles. The van der Waals surface area contributed by atoms with Gasteiger partial charge in [0.2, 0.25) is 0 Å². The van der Waals surface area contributed by atoms with Gasteiger partial charge < -0.3 is 4.74 Å². The van der Waals surface area contributed by atoms with E-state index in [1.54, 1.807) is 0 Å². The highest BCUT2D eigenvalue weighted by Crippen LogP contribution is 2.08. The predicted molar refractivity (Wildman–Crippen MR) is 58.6 cm³/mol. The Morgan fingerprint density at radius 2 is 2.00 bits per heavy atom. The zero-order chi connectivity index (χ0) is 9.94. The van der Waals surface area contributed by atoms with Crippen molar-refractivity contribution in [2.75, 3.05) is 6.61 Å². The fraction of sp³-hybridized carbons (Fsp3) is 0.500. The number of hydrogen-bond acceptors (Lipinski definition) is 1. The van der Waals surface area contributed by atoms with Crippen LogP contribution in [0.5, 0.6) is 0 Å². The molecular weight excluding hydrogens is 160 g/mol. The third kappa shape index (κ3) is 6.21. The largest absolute Gasteiger partial charge is 0.498 e. The van der Waals surface area contributed by atoms with E-state index in [2.05, 4.69) is 13.0 Å². The van der Waals surface area contributed by atoms with Gasteiger partial charge in [-0.3, -0.25) is 0 Å². The maximum Gasteiger partial charge on any atom is 0.0997 e. The number of allylic oxidation sites excluding steroid dienone is 5. The Morgan fingerprint density at radius 3 is 2.69 bits per heavy atom. The average molecular weight is 180 g/mol. The van der Waals surface area contributed by atoms with Gasteiger partial charge in [0.1, 0.15) is 0 Å². The summed E-state index contributed by atoms with van der Waals surface area (Å²) in [6, 6.07) is 0. The molecule has 0 amide bonds. The summed E-state index contributed by atoms with van der Waals surface area (Å²) in [4.78, 5) is 0. The molecule has 0 aromatic rings. The van der Waals surface area contributed by atoms with Gasteiger partial charge >= 0.3 is 0 Å². The Hall–Kier alpha value is -0.980. The van der Waals surface area contributed by atoms with Crippen molar-refractivity contribution in [3.8, 4) is 0 Å². The Balaban J connectivity index is 0.000000671. The predicted octanol–water partition coefficient (Wildman–Crippen LogP) is 3.84. The molecule has 0 aromatic heterocycles. The fourth-order valence-electron chi connectivity index (χ4n) is 0.898. The van der Waals surface area contributed by atoms with Gasteiger partial charge in [0.25, 0.3) is 0 Å². The van der Waals surface area contributed by atoms with Crippen molar-refractivity contribution in [1.29, 1.82) is 0 Å². The zero-order valence-electron chi connectivity index (χ0n) is 8.92. The molecule has 0 aromatic carbocycles. The van der Waals surface area contributed by atoms with Gasteiger partial charge in [-0.1, -0.05) is 45.1 Å². The molecule has 1 aliphatic rings. The Bertz CT molecular complexity index is 187. The molecule has 0 heterocycles. The molecule has 0 saturated carbocycles. The van der Waals surface area contributed by atoms with Crippen LogP contribution in [0.3, 0.4) is 0 Å². The molecule has 0 N–H and O–H groups in total. The first-order chi connectivity index (χ1) is 6.43. The van der Waals surface area contributed by atoms with E-state index in [1.807, 2.05) is 38.2 Å². The lowest BCUT2D eigenvalue weighted by Crippen LogP contribution is -1.91. The highest BCUT2D eigenvalue weighted by molar-refractivity contribution is 5.19. The van der Waals surface area contributed by atoms with Crippen molar-refractivity contribution in [3.05, 3.63) is 36.1 Å². The highest BCUT2D eigenvalue weighted by atomic mass is 16.5. The molecule has 1 rings (SSSR count).